The molecule has 0 radical (unpaired) electrons. The Morgan fingerprint density at radius 3 is 2.74 bits per heavy atom. The van der Waals surface area contributed by atoms with Crippen LogP contribution in [0.25, 0.3) is 0 Å². The zero-order valence-electron chi connectivity index (χ0n) is 10.5. The van der Waals surface area contributed by atoms with Gasteiger partial charge in [-0.05, 0) is 25.0 Å². The molecule has 1 fully saturated rings. The molecule has 0 bridgehead atoms. The summed E-state index contributed by atoms with van der Waals surface area (Å²) in [6.07, 6.45) is 2.09. The summed E-state index contributed by atoms with van der Waals surface area (Å²) in [7, 11) is 0. The van der Waals surface area contributed by atoms with Gasteiger partial charge in [0.2, 0.25) is 5.91 Å². The fourth-order valence-electron chi connectivity index (χ4n) is 2.17. The number of amides is 1. The smallest absolute Gasteiger partial charge is 0.241 e. The van der Waals surface area contributed by atoms with Crippen molar-refractivity contribution in [2.75, 3.05) is 25.0 Å². The second kappa shape index (κ2) is 5.97. The van der Waals surface area contributed by atoms with Crippen LogP contribution in [-0.2, 0) is 4.79 Å². The molecule has 0 spiro atoms. The molecular formula is C13H16FN3OS. The molecule has 0 aliphatic carbocycles. The van der Waals surface area contributed by atoms with Crippen molar-refractivity contribution in [3.05, 3.63) is 29.6 Å². The van der Waals surface area contributed by atoms with Gasteiger partial charge in [0.1, 0.15) is 10.8 Å². The number of likely N-dealkylation sites (tertiary alicyclic amines) is 1. The number of rotatable bonds is 4. The lowest BCUT2D eigenvalue weighted by Gasteiger charge is -2.17. The van der Waals surface area contributed by atoms with Gasteiger partial charge in [0.25, 0.3) is 0 Å². The summed E-state index contributed by atoms with van der Waals surface area (Å²) in [5.74, 6) is -0.471. The summed E-state index contributed by atoms with van der Waals surface area (Å²) < 4.78 is 13.6. The standard InChI is InChI=1S/C13H16FN3OS/c14-9-4-3-5-10(12(9)13(15)19)16-8-11(18)17-6-1-2-7-17/h3-5,16H,1-2,6-8H2,(H2,15,19). The second-order valence-electron chi connectivity index (χ2n) is 4.47. The molecule has 4 nitrogen and oxygen atoms in total. The molecular weight excluding hydrogens is 265 g/mol. The highest BCUT2D eigenvalue weighted by molar-refractivity contribution is 7.80. The highest BCUT2D eigenvalue weighted by Gasteiger charge is 2.18. The number of hydrogen-bond donors (Lipinski definition) is 2. The van der Waals surface area contributed by atoms with Gasteiger partial charge >= 0.3 is 0 Å². The van der Waals surface area contributed by atoms with Crippen LogP contribution < -0.4 is 11.1 Å². The Morgan fingerprint density at radius 1 is 1.42 bits per heavy atom. The molecule has 0 saturated carbocycles. The van der Waals surface area contributed by atoms with Crippen molar-refractivity contribution in [2.24, 2.45) is 5.73 Å². The number of carbonyl (C=O) groups is 1. The van der Waals surface area contributed by atoms with E-state index < -0.39 is 5.82 Å². The lowest BCUT2D eigenvalue weighted by molar-refractivity contribution is -0.128. The second-order valence-corrected chi connectivity index (χ2v) is 4.91. The molecule has 1 aromatic rings. The predicted molar refractivity (Wildman–Crippen MR) is 76.6 cm³/mol. The van der Waals surface area contributed by atoms with Gasteiger partial charge in [0.15, 0.2) is 0 Å². The monoisotopic (exact) mass is 281 g/mol. The first-order valence-electron chi connectivity index (χ1n) is 6.19. The van der Waals surface area contributed by atoms with Crippen molar-refractivity contribution in [2.45, 2.75) is 12.8 Å². The molecule has 0 aromatic heterocycles. The lowest BCUT2D eigenvalue weighted by atomic mass is 10.1. The molecule has 1 aliphatic heterocycles. The maximum Gasteiger partial charge on any atom is 0.241 e. The molecule has 0 unspecified atom stereocenters. The minimum atomic E-state index is -0.480. The van der Waals surface area contributed by atoms with Crippen LogP contribution in [0.1, 0.15) is 18.4 Å². The fourth-order valence-corrected chi connectivity index (χ4v) is 2.38. The van der Waals surface area contributed by atoms with Gasteiger partial charge in [0.05, 0.1) is 12.1 Å². The zero-order valence-corrected chi connectivity index (χ0v) is 11.3. The Kier molecular flexibility index (Phi) is 4.31. The fraction of sp³-hybridized carbons (Fsp3) is 0.385. The minimum absolute atomic E-state index is 0.00986. The number of nitrogens with one attached hydrogen (secondary N) is 1. The van der Waals surface area contributed by atoms with E-state index in [0.29, 0.717) is 5.69 Å². The van der Waals surface area contributed by atoms with Crippen LogP contribution in [0, 0.1) is 5.82 Å². The number of thiocarbonyl (C=S) groups is 1. The number of halogens is 1. The summed E-state index contributed by atoms with van der Waals surface area (Å²) in [5, 5.41) is 2.91. The molecule has 1 heterocycles. The van der Waals surface area contributed by atoms with Crippen molar-refractivity contribution in [3.8, 4) is 0 Å². The zero-order chi connectivity index (χ0) is 13.8. The summed E-state index contributed by atoms with van der Waals surface area (Å²) in [5.41, 5.74) is 6.12. The van der Waals surface area contributed by atoms with Crippen LogP contribution in [0.4, 0.5) is 10.1 Å². The molecule has 1 aliphatic rings. The Morgan fingerprint density at radius 2 is 2.11 bits per heavy atom. The number of benzene rings is 1. The third-order valence-corrected chi connectivity index (χ3v) is 3.35. The first kappa shape index (κ1) is 13.7. The predicted octanol–water partition coefficient (Wildman–Crippen LogP) is 1.49. The summed E-state index contributed by atoms with van der Waals surface area (Å²) >= 11 is 4.83. The molecule has 1 saturated heterocycles. The van der Waals surface area contributed by atoms with Crippen molar-refractivity contribution < 1.29 is 9.18 Å². The third kappa shape index (κ3) is 3.20. The van der Waals surface area contributed by atoms with Crippen LogP contribution in [0.5, 0.6) is 0 Å². The largest absolute Gasteiger partial charge is 0.389 e. The van der Waals surface area contributed by atoms with Crippen molar-refractivity contribution >= 4 is 28.8 Å². The Hall–Kier alpha value is -1.69. The average Bonchev–Trinajstić information content (AvgIpc) is 2.89. The highest BCUT2D eigenvalue weighted by Crippen LogP contribution is 2.19. The van der Waals surface area contributed by atoms with E-state index in [9.17, 15) is 9.18 Å². The molecule has 2 rings (SSSR count). The SMILES string of the molecule is NC(=S)c1c(F)cccc1NCC(=O)N1CCCC1. The van der Waals surface area contributed by atoms with E-state index in [0.717, 1.165) is 25.9 Å². The Balaban J connectivity index is 2.05. The Labute approximate surface area is 116 Å². The highest BCUT2D eigenvalue weighted by atomic mass is 32.1. The molecule has 1 amide bonds. The van der Waals surface area contributed by atoms with E-state index in [2.05, 4.69) is 5.32 Å². The van der Waals surface area contributed by atoms with E-state index in [1.165, 1.54) is 6.07 Å². The van der Waals surface area contributed by atoms with E-state index in [1.807, 2.05) is 0 Å². The normalized spacial score (nSPS) is 14.5. The molecule has 0 atom stereocenters. The number of nitrogens with two attached hydrogens (primary N) is 1. The van der Waals surface area contributed by atoms with E-state index in [-0.39, 0.29) is 23.0 Å². The van der Waals surface area contributed by atoms with Gasteiger partial charge in [-0.1, -0.05) is 18.3 Å². The topological polar surface area (TPSA) is 58.4 Å². The number of carbonyl (C=O) groups excluding carboxylic acids is 1. The number of hydrogen-bond acceptors (Lipinski definition) is 3. The van der Waals surface area contributed by atoms with Gasteiger partial charge < -0.3 is 16.0 Å². The van der Waals surface area contributed by atoms with E-state index in [4.69, 9.17) is 18.0 Å². The van der Waals surface area contributed by atoms with Crippen LogP contribution >= 0.6 is 12.2 Å². The van der Waals surface area contributed by atoms with Gasteiger partial charge in [-0.25, -0.2) is 4.39 Å². The first-order valence-corrected chi connectivity index (χ1v) is 6.60. The molecule has 102 valence electrons. The summed E-state index contributed by atoms with van der Waals surface area (Å²) in [6.45, 7) is 1.72. The maximum atomic E-state index is 13.6. The lowest BCUT2D eigenvalue weighted by Crippen LogP contribution is -2.33. The van der Waals surface area contributed by atoms with Crippen LogP contribution in [0.15, 0.2) is 18.2 Å². The molecule has 1 aromatic carbocycles. The van der Waals surface area contributed by atoms with Crippen molar-refractivity contribution in [1.29, 1.82) is 0 Å². The van der Waals surface area contributed by atoms with Crippen molar-refractivity contribution in [3.63, 3.8) is 0 Å². The van der Waals surface area contributed by atoms with Crippen LogP contribution in [0.2, 0.25) is 0 Å². The van der Waals surface area contributed by atoms with E-state index in [1.54, 1.807) is 17.0 Å². The van der Waals surface area contributed by atoms with Gasteiger partial charge in [-0.15, -0.1) is 0 Å². The summed E-state index contributed by atoms with van der Waals surface area (Å²) in [6, 6.07) is 4.51. The molecule has 6 heteroatoms. The van der Waals surface area contributed by atoms with Gasteiger partial charge in [-0.2, -0.15) is 0 Å². The number of nitrogens with zero attached hydrogens (tertiary/aromatic N) is 1. The van der Waals surface area contributed by atoms with E-state index >= 15 is 0 Å². The van der Waals surface area contributed by atoms with Crippen LogP contribution in [-0.4, -0.2) is 35.4 Å². The summed E-state index contributed by atoms with van der Waals surface area (Å²) in [4.78, 5) is 13.7. The number of anilines is 1. The molecule has 3 N–H and O–H groups in total. The van der Waals surface area contributed by atoms with Gasteiger partial charge in [0, 0.05) is 18.8 Å². The quantitative estimate of drug-likeness (QED) is 0.821. The third-order valence-electron chi connectivity index (χ3n) is 3.15. The first-order chi connectivity index (χ1) is 9.09. The maximum absolute atomic E-state index is 13.6. The average molecular weight is 281 g/mol. The Bertz CT molecular complexity index is 501. The molecule has 19 heavy (non-hydrogen) atoms. The van der Waals surface area contributed by atoms with Crippen LogP contribution in [0.3, 0.4) is 0 Å². The van der Waals surface area contributed by atoms with Crippen molar-refractivity contribution in [1.82, 2.24) is 4.90 Å². The minimum Gasteiger partial charge on any atom is -0.389 e. The van der Waals surface area contributed by atoms with Gasteiger partial charge in [-0.3, -0.25) is 4.79 Å².